The van der Waals surface area contributed by atoms with Crippen molar-refractivity contribution in [3.63, 3.8) is 0 Å². The second-order valence-electron chi connectivity index (χ2n) is 3.92. The van der Waals surface area contributed by atoms with Crippen LogP contribution in [0.1, 0.15) is 16.5 Å². The van der Waals surface area contributed by atoms with Gasteiger partial charge in [0.2, 0.25) is 0 Å². The Morgan fingerprint density at radius 1 is 1.05 bits per heavy atom. The molecule has 1 atom stereocenters. The van der Waals surface area contributed by atoms with Gasteiger partial charge in [0.15, 0.2) is 0 Å². The number of ether oxygens (including phenoxy) is 1. The van der Waals surface area contributed by atoms with E-state index in [9.17, 15) is 4.39 Å². The van der Waals surface area contributed by atoms with Crippen molar-refractivity contribution in [1.29, 1.82) is 0 Å². The molecule has 100 valence electrons. The molecular formula is C14H10Cl3FO. The zero-order chi connectivity index (χ0) is 14.0. The number of methoxy groups -OCH3 is 1. The molecule has 0 radical (unpaired) electrons. The highest BCUT2D eigenvalue weighted by Gasteiger charge is 2.16. The van der Waals surface area contributed by atoms with Crippen LogP contribution in [0.3, 0.4) is 0 Å². The van der Waals surface area contributed by atoms with E-state index in [0.717, 1.165) is 0 Å². The summed E-state index contributed by atoms with van der Waals surface area (Å²) in [6, 6.07) is 9.58. The highest BCUT2D eigenvalue weighted by Crippen LogP contribution is 2.36. The number of alkyl halides is 1. The summed E-state index contributed by atoms with van der Waals surface area (Å²) in [7, 11) is 1.56. The first-order chi connectivity index (χ1) is 9.02. The molecule has 19 heavy (non-hydrogen) atoms. The summed E-state index contributed by atoms with van der Waals surface area (Å²) in [5, 5.41) is 0.0177. The van der Waals surface area contributed by atoms with E-state index in [4.69, 9.17) is 39.5 Å². The third-order valence-electron chi connectivity index (χ3n) is 2.72. The first kappa shape index (κ1) is 14.4. The standard InChI is InChI=1S/C14H10Cl3FO/c1-19-9-3-4-10(11(15)7-9)14(17)8-2-5-13(18)12(16)6-8/h2-7,14H,1H3. The summed E-state index contributed by atoms with van der Waals surface area (Å²) in [5.74, 6) is 0.171. The molecule has 0 heterocycles. The molecule has 0 aliphatic carbocycles. The number of hydrogen-bond donors (Lipinski definition) is 0. The number of benzene rings is 2. The Morgan fingerprint density at radius 3 is 2.37 bits per heavy atom. The summed E-state index contributed by atoms with van der Waals surface area (Å²) in [6.07, 6.45) is 0. The maximum Gasteiger partial charge on any atom is 0.141 e. The first-order valence-corrected chi connectivity index (χ1v) is 6.64. The Morgan fingerprint density at radius 2 is 1.79 bits per heavy atom. The Bertz CT molecular complexity index is 601. The van der Waals surface area contributed by atoms with Gasteiger partial charge in [-0.15, -0.1) is 11.6 Å². The van der Waals surface area contributed by atoms with Gasteiger partial charge in [0, 0.05) is 5.02 Å². The van der Waals surface area contributed by atoms with Crippen LogP contribution in [0, 0.1) is 5.82 Å². The van der Waals surface area contributed by atoms with Crippen molar-refractivity contribution in [1.82, 2.24) is 0 Å². The fraction of sp³-hybridized carbons (Fsp3) is 0.143. The lowest BCUT2D eigenvalue weighted by Crippen LogP contribution is -1.96. The average molecular weight is 320 g/mol. The molecule has 0 fully saturated rings. The second-order valence-corrected chi connectivity index (χ2v) is 5.17. The van der Waals surface area contributed by atoms with Gasteiger partial charge in [-0.25, -0.2) is 4.39 Å². The van der Waals surface area contributed by atoms with E-state index >= 15 is 0 Å². The van der Waals surface area contributed by atoms with E-state index in [1.54, 1.807) is 31.4 Å². The molecule has 1 nitrogen and oxygen atoms in total. The van der Waals surface area contributed by atoms with Crippen LogP contribution in [-0.2, 0) is 0 Å². The maximum atomic E-state index is 13.1. The Labute approximate surface area is 125 Å². The quantitative estimate of drug-likeness (QED) is 0.682. The molecule has 2 aromatic carbocycles. The van der Waals surface area contributed by atoms with E-state index in [-0.39, 0.29) is 5.02 Å². The molecule has 0 amide bonds. The number of rotatable bonds is 3. The van der Waals surface area contributed by atoms with Gasteiger partial charge in [-0.2, -0.15) is 0 Å². The van der Waals surface area contributed by atoms with Crippen LogP contribution >= 0.6 is 34.8 Å². The summed E-state index contributed by atoms with van der Waals surface area (Å²) in [5.41, 5.74) is 1.40. The minimum absolute atomic E-state index is 0.0350. The lowest BCUT2D eigenvalue weighted by molar-refractivity contribution is 0.414. The zero-order valence-electron chi connectivity index (χ0n) is 9.96. The van der Waals surface area contributed by atoms with E-state index in [1.165, 1.54) is 12.1 Å². The highest BCUT2D eigenvalue weighted by molar-refractivity contribution is 6.33. The van der Waals surface area contributed by atoms with Crippen molar-refractivity contribution >= 4 is 34.8 Å². The zero-order valence-corrected chi connectivity index (χ0v) is 12.2. The minimum atomic E-state index is -0.503. The van der Waals surface area contributed by atoms with Crippen molar-refractivity contribution < 1.29 is 9.13 Å². The average Bonchev–Trinajstić information content (AvgIpc) is 2.41. The molecule has 0 saturated carbocycles. The van der Waals surface area contributed by atoms with Crippen molar-refractivity contribution in [3.05, 3.63) is 63.4 Å². The lowest BCUT2D eigenvalue weighted by atomic mass is 10.0. The molecule has 2 rings (SSSR count). The predicted molar refractivity (Wildman–Crippen MR) is 77.1 cm³/mol. The van der Waals surface area contributed by atoms with E-state index in [2.05, 4.69) is 0 Å². The van der Waals surface area contributed by atoms with Crippen molar-refractivity contribution in [3.8, 4) is 5.75 Å². The molecule has 0 spiro atoms. The van der Waals surface area contributed by atoms with Crippen molar-refractivity contribution in [2.45, 2.75) is 5.38 Å². The first-order valence-electron chi connectivity index (χ1n) is 5.45. The molecule has 0 bridgehead atoms. The number of hydrogen-bond acceptors (Lipinski definition) is 1. The van der Waals surface area contributed by atoms with Crippen molar-refractivity contribution in [2.75, 3.05) is 7.11 Å². The molecule has 0 saturated heterocycles. The van der Waals surface area contributed by atoms with Crippen LogP contribution in [0.4, 0.5) is 4.39 Å². The van der Waals surface area contributed by atoms with Gasteiger partial charge in [-0.1, -0.05) is 35.3 Å². The molecule has 0 aliphatic heterocycles. The SMILES string of the molecule is COc1ccc(C(Cl)c2ccc(F)c(Cl)c2)c(Cl)c1. The molecule has 0 aliphatic rings. The topological polar surface area (TPSA) is 9.23 Å². The van der Waals surface area contributed by atoms with Gasteiger partial charge in [0.25, 0.3) is 0 Å². The second kappa shape index (κ2) is 6.00. The van der Waals surface area contributed by atoms with Crippen LogP contribution in [0.15, 0.2) is 36.4 Å². The molecule has 2 aromatic rings. The minimum Gasteiger partial charge on any atom is -0.497 e. The molecule has 1 unspecified atom stereocenters. The predicted octanol–water partition coefficient (Wildman–Crippen LogP) is 5.47. The molecule has 5 heteroatoms. The Balaban J connectivity index is 2.38. The summed E-state index contributed by atoms with van der Waals surface area (Å²) in [4.78, 5) is 0. The number of halogens is 4. The van der Waals surface area contributed by atoms with E-state index in [0.29, 0.717) is 21.9 Å². The van der Waals surface area contributed by atoms with Crippen LogP contribution < -0.4 is 4.74 Å². The smallest absolute Gasteiger partial charge is 0.141 e. The fourth-order valence-corrected chi connectivity index (χ4v) is 2.54. The van der Waals surface area contributed by atoms with Crippen LogP contribution in [0.5, 0.6) is 5.75 Å². The molecule has 0 aromatic heterocycles. The fourth-order valence-electron chi connectivity index (χ4n) is 1.69. The van der Waals surface area contributed by atoms with Gasteiger partial charge in [0.1, 0.15) is 11.6 Å². The molecular weight excluding hydrogens is 310 g/mol. The van der Waals surface area contributed by atoms with Gasteiger partial charge in [-0.3, -0.25) is 0 Å². The Kier molecular flexibility index (Phi) is 4.56. The molecule has 0 N–H and O–H groups in total. The lowest BCUT2D eigenvalue weighted by Gasteiger charge is -2.13. The monoisotopic (exact) mass is 318 g/mol. The van der Waals surface area contributed by atoms with Crippen molar-refractivity contribution in [2.24, 2.45) is 0 Å². The van der Waals surface area contributed by atoms with Crippen LogP contribution in [0.2, 0.25) is 10.0 Å². The van der Waals surface area contributed by atoms with Crippen LogP contribution in [0.25, 0.3) is 0 Å². The normalized spacial score (nSPS) is 12.3. The summed E-state index contributed by atoms with van der Waals surface area (Å²) in [6.45, 7) is 0. The van der Waals surface area contributed by atoms with Crippen LogP contribution in [-0.4, -0.2) is 7.11 Å². The van der Waals surface area contributed by atoms with E-state index in [1.807, 2.05) is 0 Å². The largest absolute Gasteiger partial charge is 0.497 e. The Hall–Kier alpha value is -0.960. The van der Waals surface area contributed by atoms with E-state index < -0.39 is 11.2 Å². The maximum absolute atomic E-state index is 13.1. The third kappa shape index (κ3) is 3.14. The summed E-state index contributed by atoms with van der Waals surface area (Å²) < 4.78 is 18.2. The third-order valence-corrected chi connectivity index (χ3v) is 3.82. The van der Waals surface area contributed by atoms with Gasteiger partial charge in [0.05, 0.1) is 17.5 Å². The summed E-state index contributed by atoms with van der Waals surface area (Å²) >= 11 is 18.2. The van der Waals surface area contributed by atoms with Gasteiger partial charge in [-0.05, 0) is 35.4 Å². The highest BCUT2D eigenvalue weighted by atomic mass is 35.5. The van der Waals surface area contributed by atoms with Gasteiger partial charge >= 0.3 is 0 Å². The van der Waals surface area contributed by atoms with Gasteiger partial charge < -0.3 is 4.74 Å².